The summed E-state index contributed by atoms with van der Waals surface area (Å²) in [5.74, 6) is 0.415. The van der Waals surface area contributed by atoms with Gasteiger partial charge in [-0.15, -0.1) is 11.8 Å². The lowest BCUT2D eigenvalue weighted by Crippen LogP contribution is -2.42. The number of hydrogen-bond acceptors (Lipinski definition) is 6. The number of aromatic amines is 1. The second-order valence-electron chi connectivity index (χ2n) is 10.0. The van der Waals surface area contributed by atoms with Gasteiger partial charge in [0.2, 0.25) is 11.8 Å². The van der Waals surface area contributed by atoms with Crippen LogP contribution in [0.2, 0.25) is 0 Å². The molecule has 2 saturated carbocycles. The molecule has 3 fully saturated rings. The molecule has 4 aliphatic rings. The van der Waals surface area contributed by atoms with E-state index in [-0.39, 0.29) is 57.4 Å². The van der Waals surface area contributed by atoms with Crippen LogP contribution in [-0.2, 0) is 9.59 Å². The van der Waals surface area contributed by atoms with Crippen LogP contribution >= 0.6 is 23.1 Å². The maximum absolute atomic E-state index is 13.8. The van der Waals surface area contributed by atoms with Crippen LogP contribution in [0, 0.1) is 36.5 Å². The van der Waals surface area contributed by atoms with Crippen molar-refractivity contribution in [3.05, 3.63) is 74.2 Å². The first kappa shape index (κ1) is 21.4. The molecule has 2 aromatic carbocycles. The van der Waals surface area contributed by atoms with E-state index in [0.29, 0.717) is 5.69 Å². The molecule has 8 heteroatoms. The molecule has 2 bridgehead atoms. The number of aryl methyl sites for hydroxylation is 1. The maximum atomic E-state index is 13.8. The van der Waals surface area contributed by atoms with E-state index in [2.05, 4.69) is 11.1 Å². The zero-order valence-corrected chi connectivity index (χ0v) is 20.9. The number of para-hydroxylation sites is 1. The van der Waals surface area contributed by atoms with E-state index >= 15 is 0 Å². The number of fused-ring (bicyclic) bond motifs is 9. The Morgan fingerprint density at radius 3 is 2.43 bits per heavy atom. The lowest BCUT2D eigenvalue weighted by Gasteiger charge is -2.43. The normalized spacial score (nSPS) is 32.5. The number of hydrogen-bond donors (Lipinski definition) is 1. The minimum absolute atomic E-state index is 0.0383. The first-order valence-corrected chi connectivity index (χ1v) is 13.6. The first-order chi connectivity index (χ1) is 17.0. The van der Waals surface area contributed by atoms with Crippen LogP contribution in [0.15, 0.2) is 58.4 Å². The average Bonchev–Trinajstić information content (AvgIpc) is 3.59. The number of imide groups is 1. The molecule has 1 saturated heterocycles. The van der Waals surface area contributed by atoms with E-state index in [1.807, 2.05) is 49.4 Å². The summed E-state index contributed by atoms with van der Waals surface area (Å²) in [6, 6.07) is 15.6. The van der Waals surface area contributed by atoms with E-state index < -0.39 is 0 Å². The summed E-state index contributed by atoms with van der Waals surface area (Å²) in [5.41, 5.74) is 2.81. The van der Waals surface area contributed by atoms with Crippen LogP contribution in [0.1, 0.15) is 28.3 Å². The van der Waals surface area contributed by atoms with E-state index in [4.69, 9.17) is 4.74 Å². The van der Waals surface area contributed by atoms with Crippen LogP contribution in [0.3, 0.4) is 0 Å². The fourth-order valence-electron chi connectivity index (χ4n) is 7.24. The van der Waals surface area contributed by atoms with Gasteiger partial charge in [0, 0.05) is 21.6 Å². The summed E-state index contributed by atoms with van der Waals surface area (Å²) in [4.78, 5) is 45.3. The smallest absolute Gasteiger partial charge is 0.305 e. The predicted molar refractivity (Wildman–Crippen MR) is 135 cm³/mol. The molecule has 2 aliphatic heterocycles. The molecule has 0 radical (unpaired) electrons. The number of benzene rings is 2. The summed E-state index contributed by atoms with van der Waals surface area (Å²) in [7, 11) is 1.67. The number of amides is 2. The van der Waals surface area contributed by atoms with Gasteiger partial charge in [0.05, 0.1) is 29.7 Å². The lowest BCUT2D eigenvalue weighted by molar-refractivity contribution is -0.123. The number of thiazole rings is 1. The van der Waals surface area contributed by atoms with Crippen LogP contribution < -0.4 is 14.5 Å². The van der Waals surface area contributed by atoms with Crippen molar-refractivity contribution in [2.24, 2.45) is 29.6 Å². The van der Waals surface area contributed by atoms with E-state index in [1.54, 1.807) is 18.9 Å². The Hall–Kier alpha value is -2.84. The standard InChI is InChI=1S/C27H24N2O4S2/c1-12-7-9-13(10-8-12)29-25(30)20-15-11-16(21(20)26(29)31)22-19(15)18(14-5-3-4-6-17(14)33-2)23-24(34-22)28-27(32)35-23/h3-10,15-16,18-22H,11H2,1-2H3,(H,28,32)/t15-,16+,18-,19-,20+,21-,22-/m1/s1. The Morgan fingerprint density at radius 1 is 0.971 bits per heavy atom. The third-order valence-electron chi connectivity index (χ3n) is 8.49. The van der Waals surface area contributed by atoms with Crippen LogP contribution in [0.4, 0.5) is 5.69 Å². The second kappa shape index (κ2) is 7.58. The Kier molecular flexibility index (Phi) is 4.64. The Morgan fingerprint density at radius 2 is 1.69 bits per heavy atom. The molecule has 7 rings (SSSR count). The third kappa shape index (κ3) is 2.87. The minimum Gasteiger partial charge on any atom is -0.496 e. The zero-order chi connectivity index (χ0) is 24.0. The summed E-state index contributed by atoms with van der Waals surface area (Å²) in [5, 5.41) is 1.08. The summed E-state index contributed by atoms with van der Waals surface area (Å²) in [6.07, 6.45) is 0.877. The molecule has 0 unspecified atom stereocenters. The Bertz CT molecular complexity index is 1430. The maximum Gasteiger partial charge on any atom is 0.305 e. The van der Waals surface area contributed by atoms with Gasteiger partial charge in [-0.05, 0) is 49.3 Å². The molecular formula is C27H24N2O4S2. The van der Waals surface area contributed by atoms with Crippen LogP contribution in [0.5, 0.6) is 5.75 Å². The van der Waals surface area contributed by atoms with E-state index in [1.165, 1.54) is 16.2 Å². The SMILES string of the molecule is COc1ccccc1[C@H]1c2sc(=O)[nH]c2S[C@@H]2[C@H]3C[C@@H]([C@@H]4C(=O)N(c5ccc(C)cc5)C(=O)[C@H]34)[C@H]12. The van der Waals surface area contributed by atoms with Gasteiger partial charge < -0.3 is 9.72 Å². The van der Waals surface area contributed by atoms with Gasteiger partial charge in [0.1, 0.15) is 5.75 Å². The number of aromatic nitrogens is 1. The molecule has 2 amide bonds. The average molecular weight is 505 g/mol. The van der Waals surface area contributed by atoms with Crippen molar-refractivity contribution >= 4 is 40.6 Å². The van der Waals surface area contributed by atoms with Gasteiger partial charge in [-0.1, -0.05) is 47.2 Å². The number of nitrogens with one attached hydrogen (secondary N) is 1. The molecular weight excluding hydrogens is 480 g/mol. The largest absolute Gasteiger partial charge is 0.496 e. The number of anilines is 1. The van der Waals surface area contributed by atoms with Gasteiger partial charge in [-0.25, -0.2) is 0 Å². The lowest BCUT2D eigenvalue weighted by atomic mass is 9.68. The number of H-pyrrole nitrogens is 1. The van der Waals surface area contributed by atoms with Gasteiger partial charge in [0.25, 0.3) is 0 Å². The Balaban J connectivity index is 1.34. The molecule has 3 aromatic rings. The van der Waals surface area contributed by atoms with Crippen LogP contribution in [-0.4, -0.2) is 29.2 Å². The molecule has 35 heavy (non-hydrogen) atoms. The molecule has 2 aliphatic carbocycles. The highest BCUT2D eigenvalue weighted by Gasteiger charge is 2.69. The van der Waals surface area contributed by atoms with Gasteiger partial charge >= 0.3 is 4.87 Å². The minimum atomic E-state index is -0.301. The zero-order valence-electron chi connectivity index (χ0n) is 19.3. The molecule has 7 atom stereocenters. The molecule has 0 spiro atoms. The predicted octanol–water partition coefficient (Wildman–Crippen LogP) is 4.43. The molecule has 3 heterocycles. The van der Waals surface area contributed by atoms with Gasteiger partial charge in [0.15, 0.2) is 0 Å². The van der Waals surface area contributed by atoms with Crippen molar-refractivity contribution in [3.8, 4) is 5.75 Å². The van der Waals surface area contributed by atoms with Crippen molar-refractivity contribution in [1.82, 2.24) is 4.98 Å². The fourth-order valence-corrected chi connectivity index (χ4v) is 10.1. The van der Waals surface area contributed by atoms with Crippen molar-refractivity contribution in [2.75, 3.05) is 12.0 Å². The van der Waals surface area contributed by atoms with E-state index in [0.717, 1.165) is 33.2 Å². The highest BCUT2D eigenvalue weighted by molar-refractivity contribution is 8.00. The van der Waals surface area contributed by atoms with Gasteiger partial charge in [-0.2, -0.15) is 0 Å². The number of methoxy groups -OCH3 is 1. The summed E-state index contributed by atoms with van der Waals surface area (Å²) < 4.78 is 5.74. The highest BCUT2D eigenvalue weighted by Crippen LogP contribution is 2.69. The molecule has 1 N–H and O–H groups in total. The number of carbonyl (C=O) groups is 2. The number of carbonyl (C=O) groups excluding carboxylic acids is 2. The number of rotatable bonds is 3. The first-order valence-electron chi connectivity index (χ1n) is 11.9. The monoisotopic (exact) mass is 504 g/mol. The second-order valence-corrected chi connectivity index (χ2v) is 12.3. The number of ether oxygens (including phenoxy) is 1. The quantitative estimate of drug-likeness (QED) is 0.534. The van der Waals surface area contributed by atoms with Crippen LogP contribution in [0.25, 0.3) is 0 Å². The summed E-state index contributed by atoms with van der Waals surface area (Å²) in [6.45, 7) is 2.00. The van der Waals surface area contributed by atoms with E-state index in [9.17, 15) is 14.4 Å². The van der Waals surface area contributed by atoms with Crippen molar-refractivity contribution in [2.45, 2.75) is 29.5 Å². The number of nitrogens with zero attached hydrogens (tertiary/aromatic N) is 1. The highest BCUT2D eigenvalue weighted by atomic mass is 32.2. The van der Waals surface area contributed by atoms with Crippen molar-refractivity contribution in [3.63, 3.8) is 0 Å². The Labute approximate surface area is 210 Å². The van der Waals surface area contributed by atoms with Gasteiger partial charge in [-0.3, -0.25) is 19.3 Å². The topological polar surface area (TPSA) is 79.5 Å². The fraction of sp³-hybridized carbons (Fsp3) is 0.370. The molecule has 178 valence electrons. The van der Waals surface area contributed by atoms with Crippen molar-refractivity contribution < 1.29 is 14.3 Å². The summed E-state index contributed by atoms with van der Waals surface area (Å²) >= 11 is 2.97. The van der Waals surface area contributed by atoms with Crippen molar-refractivity contribution in [1.29, 1.82) is 0 Å². The molecule has 1 aromatic heterocycles. The third-order valence-corrected chi connectivity index (χ3v) is 11.1. The molecule has 6 nitrogen and oxygen atoms in total. The number of thioether (sulfide) groups is 1.